The third kappa shape index (κ3) is 5.38. The number of rotatable bonds is 6. The first-order valence-electron chi connectivity index (χ1n) is 9.44. The minimum atomic E-state index is -4.19. The van der Waals surface area contributed by atoms with Gasteiger partial charge < -0.3 is 4.90 Å². The van der Waals surface area contributed by atoms with Gasteiger partial charge in [-0.1, -0.05) is 17.7 Å². The van der Waals surface area contributed by atoms with Crippen LogP contribution >= 0.6 is 11.6 Å². The summed E-state index contributed by atoms with van der Waals surface area (Å²) >= 11 is 6.00. The molecule has 1 aliphatic heterocycles. The summed E-state index contributed by atoms with van der Waals surface area (Å²) in [5, 5.41) is 0.225. The van der Waals surface area contributed by atoms with Crippen LogP contribution in [0.25, 0.3) is 0 Å². The molecule has 0 N–H and O–H groups in total. The van der Waals surface area contributed by atoms with E-state index in [4.69, 9.17) is 11.6 Å². The molecule has 2 aromatic rings. The number of hydrogen-bond acceptors (Lipinski definition) is 4. The lowest BCUT2D eigenvalue weighted by molar-refractivity contribution is -0.131. The van der Waals surface area contributed by atoms with Gasteiger partial charge in [0.1, 0.15) is 22.3 Å². The number of benzene rings is 2. The molecule has 31 heavy (non-hydrogen) atoms. The largest absolute Gasteiger partial charge is 0.340 e. The van der Waals surface area contributed by atoms with E-state index in [1.165, 1.54) is 24.1 Å². The summed E-state index contributed by atoms with van der Waals surface area (Å²) in [6.07, 6.45) is 0. The monoisotopic (exact) mass is 475 g/mol. The lowest BCUT2D eigenvalue weighted by Gasteiger charge is -2.34. The molecular weight excluding hydrogens is 455 g/mol. The highest BCUT2D eigenvalue weighted by Crippen LogP contribution is 2.22. The van der Waals surface area contributed by atoms with Crippen LogP contribution in [0.2, 0.25) is 5.02 Å². The third-order valence-corrected chi connectivity index (χ3v) is 7.35. The smallest absolute Gasteiger partial charge is 0.246 e. The Morgan fingerprint density at radius 1 is 1.06 bits per heavy atom. The van der Waals surface area contributed by atoms with Crippen LogP contribution in [0.4, 0.5) is 13.2 Å². The second-order valence-electron chi connectivity index (χ2n) is 7.20. The summed E-state index contributed by atoms with van der Waals surface area (Å²) in [4.78, 5) is 14.9. The van der Waals surface area contributed by atoms with Crippen LogP contribution in [0, 0.1) is 17.5 Å². The number of halogens is 4. The molecule has 1 fully saturated rings. The average molecular weight is 476 g/mol. The summed E-state index contributed by atoms with van der Waals surface area (Å²) in [5.41, 5.74) is 0.216. The van der Waals surface area contributed by atoms with Crippen molar-refractivity contribution in [3.05, 3.63) is 64.4 Å². The van der Waals surface area contributed by atoms with Gasteiger partial charge in [0.2, 0.25) is 15.9 Å². The molecule has 0 saturated carbocycles. The number of piperazine rings is 1. The quantitative estimate of drug-likeness (QED) is 0.644. The zero-order valence-corrected chi connectivity index (χ0v) is 18.3. The fourth-order valence-electron chi connectivity index (χ4n) is 3.26. The van der Waals surface area contributed by atoms with Crippen molar-refractivity contribution in [3.8, 4) is 0 Å². The summed E-state index contributed by atoms with van der Waals surface area (Å²) in [7, 11) is -2.67. The Bertz CT molecular complexity index is 1060. The summed E-state index contributed by atoms with van der Waals surface area (Å²) in [5.74, 6) is -2.66. The summed E-state index contributed by atoms with van der Waals surface area (Å²) < 4.78 is 67.6. The maximum Gasteiger partial charge on any atom is 0.246 e. The Balaban J connectivity index is 1.58. The molecule has 0 radical (unpaired) electrons. The van der Waals surface area contributed by atoms with Crippen LogP contribution in [0.3, 0.4) is 0 Å². The molecule has 0 spiro atoms. The Hall–Kier alpha value is -2.14. The van der Waals surface area contributed by atoms with Gasteiger partial charge in [0.25, 0.3) is 0 Å². The van der Waals surface area contributed by atoms with Gasteiger partial charge >= 0.3 is 0 Å². The first-order chi connectivity index (χ1) is 14.6. The standard InChI is InChI=1S/C20H21ClF3N3O3S/c1-25(12-15-16(21)3-2-4-17(15)23)20(28)13-26-7-9-27(10-8-26)31(29,30)19-11-14(22)5-6-18(19)24/h2-6,11H,7-10,12-13H2,1H3. The Morgan fingerprint density at radius 2 is 1.74 bits per heavy atom. The van der Waals surface area contributed by atoms with Gasteiger partial charge in [-0.15, -0.1) is 0 Å². The predicted molar refractivity (Wildman–Crippen MR) is 109 cm³/mol. The van der Waals surface area contributed by atoms with E-state index in [9.17, 15) is 26.4 Å². The van der Waals surface area contributed by atoms with Crippen molar-refractivity contribution in [1.29, 1.82) is 0 Å². The number of nitrogens with zero attached hydrogens (tertiary/aromatic N) is 3. The molecule has 1 amide bonds. The van der Waals surface area contributed by atoms with E-state index < -0.39 is 32.4 Å². The van der Waals surface area contributed by atoms with Crippen LogP contribution in [0.5, 0.6) is 0 Å². The van der Waals surface area contributed by atoms with Crippen molar-refractivity contribution in [2.75, 3.05) is 39.8 Å². The van der Waals surface area contributed by atoms with E-state index in [2.05, 4.69) is 0 Å². The van der Waals surface area contributed by atoms with Gasteiger partial charge in [0.15, 0.2) is 0 Å². The van der Waals surface area contributed by atoms with Gasteiger partial charge in [-0.05, 0) is 30.3 Å². The van der Waals surface area contributed by atoms with Gasteiger partial charge in [-0.2, -0.15) is 4.31 Å². The number of carbonyl (C=O) groups excluding carboxylic acids is 1. The van der Waals surface area contributed by atoms with Crippen molar-refractivity contribution >= 4 is 27.5 Å². The van der Waals surface area contributed by atoms with Gasteiger partial charge in [0.05, 0.1) is 6.54 Å². The fourth-order valence-corrected chi connectivity index (χ4v) is 4.98. The van der Waals surface area contributed by atoms with Crippen LogP contribution in [-0.4, -0.2) is 68.2 Å². The minimum Gasteiger partial charge on any atom is -0.340 e. The Morgan fingerprint density at radius 3 is 2.39 bits per heavy atom. The van der Waals surface area contributed by atoms with Crippen LogP contribution in [0.1, 0.15) is 5.56 Å². The molecule has 0 aromatic heterocycles. The molecule has 0 bridgehead atoms. The molecule has 0 atom stereocenters. The molecule has 0 unspecified atom stereocenters. The highest BCUT2D eigenvalue weighted by Gasteiger charge is 2.31. The zero-order chi connectivity index (χ0) is 22.8. The topological polar surface area (TPSA) is 60.9 Å². The molecule has 1 saturated heterocycles. The molecule has 0 aliphatic carbocycles. The second-order valence-corrected chi connectivity index (χ2v) is 9.52. The lowest BCUT2D eigenvalue weighted by Crippen LogP contribution is -2.51. The average Bonchev–Trinajstić information content (AvgIpc) is 2.72. The Labute approximate surface area is 183 Å². The molecular formula is C20H21ClF3N3O3S. The number of hydrogen-bond donors (Lipinski definition) is 0. The lowest BCUT2D eigenvalue weighted by atomic mass is 10.2. The molecule has 3 rings (SSSR count). The first-order valence-corrected chi connectivity index (χ1v) is 11.3. The second kappa shape index (κ2) is 9.56. The normalized spacial score (nSPS) is 15.8. The highest BCUT2D eigenvalue weighted by atomic mass is 35.5. The molecule has 168 valence electrons. The first kappa shape index (κ1) is 23.5. The van der Waals surface area contributed by atoms with E-state index in [0.29, 0.717) is 6.07 Å². The maximum absolute atomic E-state index is 13.9. The van der Waals surface area contributed by atoms with Crippen molar-refractivity contribution in [3.63, 3.8) is 0 Å². The minimum absolute atomic E-state index is 0.00245. The molecule has 2 aromatic carbocycles. The van der Waals surface area contributed by atoms with E-state index in [1.807, 2.05) is 0 Å². The molecule has 1 aliphatic rings. The van der Waals surface area contributed by atoms with Crippen molar-refractivity contribution in [2.24, 2.45) is 0 Å². The number of carbonyl (C=O) groups is 1. The predicted octanol–water partition coefficient (Wildman–Crippen LogP) is 2.72. The third-order valence-electron chi connectivity index (χ3n) is 5.08. The van der Waals surface area contributed by atoms with Gasteiger partial charge in [-0.3, -0.25) is 9.69 Å². The molecule has 6 nitrogen and oxygen atoms in total. The summed E-state index contributed by atoms with van der Waals surface area (Å²) in [6, 6.07) is 6.56. The Kier molecular flexibility index (Phi) is 7.25. The van der Waals surface area contributed by atoms with Crippen molar-refractivity contribution in [2.45, 2.75) is 11.4 Å². The van der Waals surface area contributed by atoms with E-state index in [1.54, 1.807) is 11.0 Å². The van der Waals surface area contributed by atoms with Crippen molar-refractivity contribution < 1.29 is 26.4 Å². The fraction of sp³-hybridized carbons (Fsp3) is 0.350. The molecule has 11 heteroatoms. The molecule has 1 heterocycles. The van der Waals surface area contributed by atoms with E-state index in [-0.39, 0.29) is 55.8 Å². The maximum atomic E-state index is 13.9. The SMILES string of the molecule is CN(Cc1c(F)cccc1Cl)C(=O)CN1CCN(S(=O)(=O)c2cc(F)ccc2F)CC1. The van der Waals surface area contributed by atoms with Crippen LogP contribution in [-0.2, 0) is 21.4 Å². The number of amides is 1. The van der Waals surface area contributed by atoms with Gasteiger partial charge in [0, 0.05) is 50.4 Å². The van der Waals surface area contributed by atoms with E-state index >= 15 is 0 Å². The number of likely N-dealkylation sites (N-methyl/N-ethyl adjacent to an activating group) is 1. The highest BCUT2D eigenvalue weighted by molar-refractivity contribution is 7.89. The van der Waals surface area contributed by atoms with Gasteiger partial charge in [-0.25, -0.2) is 21.6 Å². The number of sulfonamides is 1. The summed E-state index contributed by atoms with van der Waals surface area (Å²) in [6.45, 7) is 0.511. The van der Waals surface area contributed by atoms with Crippen LogP contribution in [0.15, 0.2) is 41.3 Å². The van der Waals surface area contributed by atoms with Crippen molar-refractivity contribution in [1.82, 2.24) is 14.1 Å². The van der Waals surface area contributed by atoms with E-state index in [0.717, 1.165) is 16.4 Å². The van der Waals surface area contributed by atoms with Crippen LogP contribution < -0.4 is 0 Å². The zero-order valence-electron chi connectivity index (χ0n) is 16.7.